The summed E-state index contributed by atoms with van der Waals surface area (Å²) in [5, 5.41) is 3.67. The predicted octanol–water partition coefficient (Wildman–Crippen LogP) is 4.60. The maximum Gasteiger partial charge on any atom is 0.254 e. The van der Waals surface area contributed by atoms with E-state index in [-0.39, 0.29) is 6.54 Å². The second-order valence-corrected chi connectivity index (χ2v) is 6.96. The summed E-state index contributed by atoms with van der Waals surface area (Å²) in [4.78, 5) is 15.6. The monoisotopic (exact) mass is 360 g/mol. The Balaban J connectivity index is 1.85. The van der Waals surface area contributed by atoms with E-state index in [1.54, 1.807) is 0 Å². The topological polar surface area (TPSA) is 44.9 Å². The van der Waals surface area contributed by atoms with Gasteiger partial charge in [0.2, 0.25) is 0 Å². The van der Waals surface area contributed by atoms with Crippen LogP contribution in [0.2, 0.25) is 0 Å². The number of aromatic amines is 1. The molecule has 0 bridgehead atoms. The fraction of sp³-hybridized carbons (Fsp3) is 0.250. The SMILES string of the molecule is Cc1[nH]c2ccccc2c1C(C)(C)CNC(=O)c1ccc(F)c(F)c1F. The molecular weight excluding hydrogens is 341 g/mol. The van der Waals surface area contributed by atoms with Gasteiger partial charge in [-0.25, -0.2) is 13.2 Å². The number of halogens is 3. The van der Waals surface area contributed by atoms with Gasteiger partial charge in [-0.15, -0.1) is 0 Å². The first-order valence-corrected chi connectivity index (χ1v) is 8.22. The number of H-pyrrole nitrogens is 1. The van der Waals surface area contributed by atoms with Crippen LogP contribution in [0.5, 0.6) is 0 Å². The first-order valence-electron chi connectivity index (χ1n) is 8.22. The molecule has 0 spiro atoms. The Kier molecular flexibility index (Phi) is 4.52. The van der Waals surface area contributed by atoms with Gasteiger partial charge in [-0.1, -0.05) is 32.0 Å². The number of fused-ring (bicyclic) bond motifs is 1. The van der Waals surface area contributed by atoms with Gasteiger partial charge in [-0.2, -0.15) is 0 Å². The van der Waals surface area contributed by atoms with E-state index >= 15 is 0 Å². The van der Waals surface area contributed by atoms with Gasteiger partial charge in [-0.3, -0.25) is 4.79 Å². The molecule has 3 aromatic rings. The van der Waals surface area contributed by atoms with E-state index in [9.17, 15) is 18.0 Å². The number of aryl methyl sites for hydroxylation is 1. The highest BCUT2D eigenvalue weighted by Gasteiger charge is 2.28. The van der Waals surface area contributed by atoms with Crippen LogP contribution in [0.4, 0.5) is 13.2 Å². The Hall–Kier alpha value is -2.76. The number of benzene rings is 2. The zero-order valence-corrected chi connectivity index (χ0v) is 14.7. The van der Waals surface area contributed by atoms with Gasteiger partial charge in [0.25, 0.3) is 5.91 Å². The number of hydrogen-bond acceptors (Lipinski definition) is 1. The minimum Gasteiger partial charge on any atom is -0.358 e. The Morgan fingerprint density at radius 3 is 2.50 bits per heavy atom. The average Bonchev–Trinajstić information content (AvgIpc) is 2.94. The molecular formula is C20H19F3N2O. The zero-order chi connectivity index (χ0) is 19.1. The Morgan fingerprint density at radius 1 is 1.08 bits per heavy atom. The van der Waals surface area contributed by atoms with Crippen molar-refractivity contribution in [3.63, 3.8) is 0 Å². The lowest BCUT2D eigenvalue weighted by Gasteiger charge is -2.26. The summed E-state index contributed by atoms with van der Waals surface area (Å²) in [5.74, 6) is -5.24. The van der Waals surface area contributed by atoms with Crippen molar-refractivity contribution in [2.24, 2.45) is 0 Å². The van der Waals surface area contributed by atoms with Crippen LogP contribution in [0.15, 0.2) is 36.4 Å². The van der Waals surface area contributed by atoms with Crippen LogP contribution in [0.1, 0.15) is 35.5 Å². The van der Waals surface area contributed by atoms with Crippen molar-refractivity contribution >= 4 is 16.8 Å². The van der Waals surface area contributed by atoms with Crippen LogP contribution < -0.4 is 5.32 Å². The molecule has 6 heteroatoms. The molecule has 0 aliphatic heterocycles. The van der Waals surface area contributed by atoms with Gasteiger partial charge in [0.1, 0.15) is 0 Å². The number of amides is 1. The molecule has 2 aromatic carbocycles. The van der Waals surface area contributed by atoms with Crippen molar-refractivity contribution in [1.29, 1.82) is 0 Å². The molecule has 2 N–H and O–H groups in total. The molecule has 1 aromatic heterocycles. The summed E-state index contributed by atoms with van der Waals surface area (Å²) in [6.07, 6.45) is 0. The molecule has 0 radical (unpaired) electrons. The molecule has 0 saturated heterocycles. The molecule has 26 heavy (non-hydrogen) atoms. The van der Waals surface area contributed by atoms with Gasteiger partial charge < -0.3 is 10.3 Å². The van der Waals surface area contributed by atoms with E-state index in [0.717, 1.165) is 34.3 Å². The van der Waals surface area contributed by atoms with Crippen molar-refractivity contribution in [2.75, 3.05) is 6.54 Å². The largest absolute Gasteiger partial charge is 0.358 e. The van der Waals surface area contributed by atoms with E-state index in [1.807, 2.05) is 45.0 Å². The van der Waals surface area contributed by atoms with E-state index in [4.69, 9.17) is 0 Å². The second kappa shape index (κ2) is 6.52. The fourth-order valence-corrected chi connectivity index (χ4v) is 3.33. The second-order valence-electron chi connectivity index (χ2n) is 6.96. The third kappa shape index (κ3) is 3.07. The molecule has 0 atom stereocenters. The molecule has 3 nitrogen and oxygen atoms in total. The Morgan fingerprint density at radius 2 is 1.77 bits per heavy atom. The van der Waals surface area contributed by atoms with E-state index in [0.29, 0.717) is 0 Å². The maximum atomic E-state index is 13.8. The van der Waals surface area contributed by atoms with Gasteiger partial charge in [0.15, 0.2) is 17.5 Å². The summed E-state index contributed by atoms with van der Waals surface area (Å²) < 4.78 is 40.2. The van der Waals surface area contributed by atoms with Gasteiger partial charge in [0.05, 0.1) is 5.56 Å². The molecule has 0 saturated carbocycles. The van der Waals surface area contributed by atoms with Crippen molar-refractivity contribution in [3.05, 3.63) is 70.7 Å². The quantitative estimate of drug-likeness (QED) is 0.656. The van der Waals surface area contributed by atoms with Gasteiger partial charge >= 0.3 is 0 Å². The number of nitrogens with one attached hydrogen (secondary N) is 2. The Bertz CT molecular complexity index is 992. The van der Waals surface area contributed by atoms with Crippen LogP contribution in [0.25, 0.3) is 10.9 Å². The number of carbonyl (C=O) groups excluding carboxylic acids is 1. The fourth-order valence-electron chi connectivity index (χ4n) is 3.33. The lowest BCUT2D eigenvalue weighted by atomic mass is 9.82. The van der Waals surface area contributed by atoms with Crippen molar-refractivity contribution in [3.8, 4) is 0 Å². The number of para-hydroxylation sites is 1. The third-order valence-electron chi connectivity index (χ3n) is 4.54. The third-order valence-corrected chi connectivity index (χ3v) is 4.54. The summed E-state index contributed by atoms with van der Waals surface area (Å²) in [5.41, 5.74) is 2.03. The number of rotatable bonds is 4. The molecule has 0 aliphatic carbocycles. The average molecular weight is 360 g/mol. The van der Waals surface area contributed by atoms with Crippen LogP contribution in [0.3, 0.4) is 0 Å². The molecule has 1 amide bonds. The van der Waals surface area contributed by atoms with Crippen molar-refractivity contribution < 1.29 is 18.0 Å². The van der Waals surface area contributed by atoms with Crippen LogP contribution >= 0.6 is 0 Å². The van der Waals surface area contributed by atoms with Crippen LogP contribution in [-0.2, 0) is 5.41 Å². The highest BCUT2D eigenvalue weighted by Crippen LogP contribution is 2.33. The maximum absolute atomic E-state index is 13.8. The number of hydrogen-bond donors (Lipinski definition) is 2. The van der Waals surface area contributed by atoms with Gasteiger partial charge in [-0.05, 0) is 30.7 Å². The van der Waals surface area contributed by atoms with E-state index in [1.165, 1.54) is 0 Å². The first-order chi connectivity index (χ1) is 12.2. The smallest absolute Gasteiger partial charge is 0.254 e. The van der Waals surface area contributed by atoms with Crippen molar-refractivity contribution in [2.45, 2.75) is 26.2 Å². The summed E-state index contributed by atoms with van der Waals surface area (Å²) >= 11 is 0. The molecule has 0 fully saturated rings. The highest BCUT2D eigenvalue weighted by molar-refractivity contribution is 5.94. The lowest BCUT2D eigenvalue weighted by molar-refractivity contribution is 0.0940. The van der Waals surface area contributed by atoms with Crippen LogP contribution in [-0.4, -0.2) is 17.4 Å². The molecule has 0 unspecified atom stereocenters. The highest BCUT2D eigenvalue weighted by atomic mass is 19.2. The zero-order valence-electron chi connectivity index (χ0n) is 14.7. The number of aromatic nitrogens is 1. The summed E-state index contributed by atoms with van der Waals surface area (Å²) in [6.45, 7) is 6.07. The standard InChI is InChI=1S/C20H19F3N2O/c1-11-16(12-6-4-5-7-15(12)25-11)20(2,3)10-24-19(26)13-8-9-14(21)18(23)17(13)22/h4-9,25H,10H2,1-3H3,(H,24,26). The Labute approximate surface area is 149 Å². The van der Waals surface area contributed by atoms with Gasteiger partial charge in [0, 0.05) is 28.6 Å². The predicted molar refractivity (Wildman–Crippen MR) is 94.7 cm³/mol. The molecule has 1 heterocycles. The van der Waals surface area contributed by atoms with E-state index < -0.39 is 34.3 Å². The molecule has 3 rings (SSSR count). The minimum absolute atomic E-state index is 0.201. The van der Waals surface area contributed by atoms with Crippen molar-refractivity contribution in [1.82, 2.24) is 10.3 Å². The summed E-state index contributed by atoms with van der Waals surface area (Å²) in [7, 11) is 0. The molecule has 0 aliphatic rings. The normalized spacial score (nSPS) is 11.8. The number of carbonyl (C=O) groups is 1. The lowest BCUT2D eigenvalue weighted by Crippen LogP contribution is -2.37. The minimum atomic E-state index is -1.65. The summed E-state index contributed by atoms with van der Waals surface area (Å²) in [6, 6.07) is 9.51. The molecule has 136 valence electrons. The van der Waals surface area contributed by atoms with Crippen LogP contribution in [0, 0.1) is 24.4 Å². The first kappa shape index (κ1) is 18.0. The van der Waals surface area contributed by atoms with E-state index in [2.05, 4.69) is 10.3 Å².